The molecular weight excluding hydrogens is 392 g/mol. The number of fused-ring (bicyclic) bond motifs is 1. The summed E-state index contributed by atoms with van der Waals surface area (Å²) in [7, 11) is 0. The third kappa shape index (κ3) is 3.89. The molecule has 7 nitrogen and oxygen atoms in total. The first-order valence-corrected chi connectivity index (χ1v) is 11.2. The molecule has 1 saturated heterocycles. The van der Waals surface area contributed by atoms with Crippen LogP contribution in [0.2, 0.25) is 0 Å². The molecule has 1 aliphatic heterocycles. The lowest BCUT2D eigenvalue weighted by molar-refractivity contribution is 0.288. The minimum Gasteiger partial charge on any atom is -0.490 e. The number of rotatable bonds is 6. The van der Waals surface area contributed by atoms with Crippen LogP contribution in [-0.4, -0.2) is 40.9 Å². The van der Waals surface area contributed by atoms with E-state index in [-0.39, 0.29) is 5.56 Å². The van der Waals surface area contributed by atoms with E-state index in [0.717, 1.165) is 48.4 Å². The lowest BCUT2D eigenvalue weighted by atomic mass is 9.99. The molecule has 1 aliphatic rings. The Hall–Kier alpha value is -2.96. The summed E-state index contributed by atoms with van der Waals surface area (Å²) in [5, 5.41) is 3.24. The molecule has 0 aliphatic carbocycles. The summed E-state index contributed by atoms with van der Waals surface area (Å²) in [6.45, 7) is 13.0. The number of nitrogens with zero attached hydrogens (tertiary/aromatic N) is 3. The van der Waals surface area contributed by atoms with E-state index in [0.29, 0.717) is 42.0 Å². The highest BCUT2D eigenvalue weighted by Crippen LogP contribution is 2.36. The molecule has 0 atom stereocenters. The quantitative estimate of drug-likeness (QED) is 0.637. The van der Waals surface area contributed by atoms with Crippen molar-refractivity contribution in [3.05, 3.63) is 39.9 Å². The summed E-state index contributed by atoms with van der Waals surface area (Å²) in [6.07, 6.45) is 2.20. The van der Waals surface area contributed by atoms with E-state index >= 15 is 0 Å². The largest absolute Gasteiger partial charge is 0.490 e. The number of hydrogen-bond acceptors (Lipinski definition) is 5. The first-order valence-electron chi connectivity index (χ1n) is 11.2. The maximum atomic E-state index is 13.4. The molecule has 0 unspecified atom stereocenters. The molecule has 0 amide bonds. The van der Waals surface area contributed by atoms with Gasteiger partial charge in [-0.3, -0.25) is 9.89 Å². The zero-order chi connectivity index (χ0) is 22.1. The van der Waals surface area contributed by atoms with Gasteiger partial charge >= 0.3 is 0 Å². The van der Waals surface area contributed by atoms with Gasteiger partial charge in [-0.1, -0.05) is 13.0 Å². The van der Waals surface area contributed by atoms with Crippen LogP contribution in [0, 0.1) is 19.8 Å². The predicted molar refractivity (Wildman–Crippen MR) is 124 cm³/mol. The van der Waals surface area contributed by atoms with E-state index in [1.807, 2.05) is 45.9 Å². The fourth-order valence-electron chi connectivity index (χ4n) is 4.43. The SMILES string of the molecule is CCOc1ccc(-c2c(C)[nH]n3c(=O)c(N4CCC(C)CC4)c(C)nc23)cc1OCC. The van der Waals surface area contributed by atoms with Crippen molar-refractivity contribution in [2.75, 3.05) is 31.2 Å². The summed E-state index contributed by atoms with van der Waals surface area (Å²) in [6, 6.07) is 5.87. The van der Waals surface area contributed by atoms with Crippen molar-refractivity contribution in [2.45, 2.75) is 47.5 Å². The van der Waals surface area contributed by atoms with Gasteiger partial charge in [0.15, 0.2) is 17.1 Å². The lowest BCUT2D eigenvalue weighted by Gasteiger charge is -2.32. The molecular formula is C24H32N4O3. The van der Waals surface area contributed by atoms with E-state index in [2.05, 4.69) is 16.9 Å². The molecule has 1 fully saturated rings. The van der Waals surface area contributed by atoms with Gasteiger partial charge in [-0.05, 0) is 64.2 Å². The minimum absolute atomic E-state index is 0.0395. The van der Waals surface area contributed by atoms with Crippen LogP contribution in [0.5, 0.6) is 11.5 Å². The second-order valence-electron chi connectivity index (χ2n) is 8.32. The maximum Gasteiger partial charge on any atom is 0.296 e. The Bertz CT molecular complexity index is 1140. The highest BCUT2D eigenvalue weighted by Gasteiger charge is 2.24. The summed E-state index contributed by atoms with van der Waals surface area (Å²) in [5.74, 6) is 2.11. The fraction of sp³-hybridized carbons (Fsp3) is 0.500. The van der Waals surface area contributed by atoms with Gasteiger partial charge in [0.2, 0.25) is 0 Å². The zero-order valence-electron chi connectivity index (χ0n) is 19.1. The van der Waals surface area contributed by atoms with E-state index in [9.17, 15) is 4.79 Å². The number of aryl methyl sites for hydroxylation is 2. The Kier molecular flexibility index (Phi) is 5.94. The number of piperidine rings is 1. The highest BCUT2D eigenvalue weighted by atomic mass is 16.5. The van der Waals surface area contributed by atoms with Crippen LogP contribution in [-0.2, 0) is 0 Å². The number of H-pyrrole nitrogens is 1. The average molecular weight is 425 g/mol. The first kappa shape index (κ1) is 21.3. The van der Waals surface area contributed by atoms with Crippen molar-refractivity contribution >= 4 is 11.3 Å². The van der Waals surface area contributed by atoms with Gasteiger partial charge in [0.1, 0.15) is 5.69 Å². The van der Waals surface area contributed by atoms with Gasteiger partial charge in [0, 0.05) is 24.3 Å². The van der Waals surface area contributed by atoms with Crippen molar-refractivity contribution in [1.29, 1.82) is 0 Å². The van der Waals surface area contributed by atoms with Crippen LogP contribution in [0.25, 0.3) is 16.8 Å². The fourth-order valence-corrected chi connectivity index (χ4v) is 4.43. The van der Waals surface area contributed by atoms with Crippen LogP contribution in [0.4, 0.5) is 5.69 Å². The molecule has 0 radical (unpaired) electrons. The number of benzene rings is 1. The van der Waals surface area contributed by atoms with Crippen LogP contribution >= 0.6 is 0 Å². The summed E-state index contributed by atoms with van der Waals surface area (Å²) < 4.78 is 13.1. The Morgan fingerprint density at radius 2 is 1.77 bits per heavy atom. The van der Waals surface area contributed by atoms with E-state index in [1.165, 1.54) is 0 Å². The van der Waals surface area contributed by atoms with E-state index < -0.39 is 0 Å². The molecule has 1 aromatic carbocycles. The molecule has 4 rings (SSSR count). The number of anilines is 1. The van der Waals surface area contributed by atoms with Crippen LogP contribution in [0.15, 0.2) is 23.0 Å². The lowest BCUT2D eigenvalue weighted by Crippen LogP contribution is -2.38. The van der Waals surface area contributed by atoms with Crippen LogP contribution in [0.3, 0.4) is 0 Å². The van der Waals surface area contributed by atoms with Gasteiger partial charge in [-0.25, -0.2) is 4.98 Å². The topological polar surface area (TPSA) is 71.9 Å². The summed E-state index contributed by atoms with van der Waals surface area (Å²) >= 11 is 0. The number of ether oxygens (including phenoxy) is 2. The predicted octanol–water partition coefficient (Wildman–Crippen LogP) is 4.34. The normalized spacial score (nSPS) is 14.9. The van der Waals surface area contributed by atoms with Gasteiger partial charge in [-0.15, -0.1) is 0 Å². The van der Waals surface area contributed by atoms with Crippen molar-refractivity contribution in [3.8, 4) is 22.6 Å². The van der Waals surface area contributed by atoms with Gasteiger partial charge in [0.05, 0.1) is 18.9 Å². The molecule has 166 valence electrons. The molecule has 2 aromatic heterocycles. The van der Waals surface area contributed by atoms with Gasteiger partial charge < -0.3 is 14.4 Å². The van der Waals surface area contributed by atoms with Crippen molar-refractivity contribution in [3.63, 3.8) is 0 Å². The summed E-state index contributed by atoms with van der Waals surface area (Å²) in [5.41, 5.74) is 4.81. The second-order valence-corrected chi connectivity index (χ2v) is 8.32. The molecule has 3 heterocycles. The van der Waals surface area contributed by atoms with Crippen molar-refractivity contribution in [2.24, 2.45) is 5.92 Å². The number of aromatic amines is 1. The monoisotopic (exact) mass is 424 g/mol. The number of nitrogens with one attached hydrogen (secondary N) is 1. The number of aromatic nitrogens is 3. The Morgan fingerprint density at radius 3 is 2.45 bits per heavy atom. The Morgan fingerprint density at radius 1 is 1.10 bits per heavy atom. The second kappa shape index (κ2) is 8.65. The van der Waals surface area contributed by atoms with E-state index in [1.54, 1.807) is 4.52 Å². The van der Waals surface area contributed by atoms with Crippen molar-refractivity contribution in [1.82, 2.24) is 14.6 Å². The molecule has 0 spiro atoms. The molecule has 3 aromatic rings. The Labute approximate surface area is 183 Å². The number of hydrogen-bond donors (Lipinski definition) is 1. The van der Waals surface area contributed by atoms with Gasteiger partial charge in [-0.2, -0.15) is 4.52 Å². The third-order valence-electron chi connectivity index (χ3n) is 6.04. The minimum atomic E-state index is -0.0395. The first-order chi connectivity index (χ1) is 14.9. The van der Waals surface area contributed by atoms with Crippen LogP contribution < -0.4 is 19.9 Å². The molecule has 7 heteroatoms. The molecule has 1 N–H and O–H groups in total. The van der Waals surface area contributed by atoms with Crippen molar-refractivity contribution < 1.29 is 9.47 Å². The Balaban J connectivity index is 1.83. The molecule has 31 heavy (non-hydrogen) atoms. The van der Waals surface area contributed by atoms with Gasteiger partial charge in [0.25, 0.3) is 5.56 Å². The molecule has 0 bridgehead atoms. The third-order valence-corrected chi connectivity index (χ3v) is 6.04. The maximum absolute atomic E-state index is 13.4. The highest BCUT2D eigenvalue weighted by molar-refractivity contribution is 5.81. The average Bonchev–Trinajstić information content (AvgIpc) is 3.07. The molecule has 0 saturated carbocycles. The van der Waals surface area contributed by atoms with E-state index in [4.69, 9.17) is 14.5 Å². The standard InChI is InChI=1S/C24H32N4O3/c1-6-30-19-9-8-18(14-20(19)31-7-2)21-16(4)26-28-23(21)25-17(5)22(24(28)29)27-12-10-15(3)11-13-27/h8-9,14-15,26H,6-7,10-13H2,1-5H3. The van der Waals surface area contributed by atoms with Crippen LogP contribution in [0.1, 0.15) is 45.0 Å². The summed E-state index contributed by atoms with van der Waals surface area (Å²) in [4.78, 5) is 20.5. The zero-order valence-corrected chi connectivity index (χ0v) is 19.1. The smallest absolute Gasteiger partial charge is 0.296 e.